The fourth-order valence-corrected chi connectivity index (χ4v) is 2.15. The Labute approximate surface area is 138 Å². The van der Waals surface area contributed by atoms with E-state index < -0.39 is 28.8 Å². The van der Waals surface area contributed by atoms with Crippen molar-refractivity contribution >= 4 is 11.9 Å². The maximum Gasteiger partial charge on any atom is 0.343 e. The Kier molecular flexibility index (Phi) is 5.26. The molecule has 2 aromatic rings. The highest BCUT2D eigenvalue weighted by atomic mass is 16.5. The summed E-state index contributed by atoms with van der Waals surface area (Å²) in [5.74, 6) is -3.18. The topological polar surface area (TPSA) is 102 Å². The van der Waals surface area contributed by atoms with Crippen molar-refractivity contribution in [3.8, 4) is 17.2 Å². The minimum atomic E-state index is -1.40. The average molecular weight is 332 g/mol. The predicted molar refractivity (Wildman–Crippen MR) is 83.7 cm³/mol. The number of carbonyl (C=O) groups excluding carboxylic acids is 1. The van der Waals surface area contributed by atoms with Crippen LogP contribution in [0.1, 0.15) is 26.3 Å². The fourth-order valence-electron chi connectivity index (χ4n) is 2.15. The van der Waals surface area contributed by atoms with Crippen molar-refractivity contribution in [2.45, 2.75) is 6.61 Å². The highest BCUT2D eigenvalue weighted by Gasteiger charge is 2.28. The van der Waals surface area contributed by atoms with Crippen molar-refractivity contribution in [2.75, 3.05) is 14.2 Å². The Bertz CT molecular complexity index is 753. The number of esters is 1. The minimum Gasteiger partial charge on any atom is -0.504 e. The minimum absolute atomic E-state index is 0.00740. The number of benzene rings is 2. The molecule has 0 radical (unpaired) electrons. The summed E-state index contributed by atoms with van der Waals surface area (Å²) in [6.07, 6.45) is 0. The van der Waals surface area contributed by atoms with E-state index in [9.17, 15) is 19.8 Å². The van der Waals surface area contributed by atoms with Gasteiger partial charge in [-0.2, -0.15) is 0 Å². The Balaban J connectivity index is 2.40. The van der Waals surface area contributed by atoms with E-state index in [1.165, 1.54) is 14.2 Å². The van der Waals surface area contributed by atoms with Crippen LogP contribution in [0.3, 0.4) is 0 Å². The summed E-state index contributed by atoms with van der Waals surface area (Å²) in [6.45, 7) is -0.0630. The molecule has 0 saturated heterocycles. The summed E-state index contributed by atoms with van der Waals surface area (Å²) >= 11 is 0. The zero-order valence-corrected chi connectivity index (χ0v) is 13.1. The molecule has 0 aliphatic carbocycles. The number of phenolic OH excluding ortho intramolecular Hbond substituents is 1. The standard InChI is InChI=1S/C17H16O7/c1-22-12-8-11(16(19)20)13(14(18)15(12)23-2)17(21)24-9-10-6-4-3-5-7-10/h3-8,18H,9H2,1-2H3,(H,19,20). The molecule has 0 aliphatic heterocycles. The highest BCUT2D eigenvalue weighted by molar-refractivity contribution is 6.05. The number of carboxylic acid groups (broad SMARTS) is 1. The number of phenols is 1. The van der Waals surface area contributed by atoms with Gasteiger partial charge >= 0.3 is 11.9 Å². The lowest BCUT2D eigenvalue weighted by atomic mass is 10.0. The quantitative estimate of drug-likeness (QED) is 0.783. The summed E-state index contributed by atoms with van der Waals surface area (Å²) in [5.41, 5.74) is -0.206. The van der Waals surface area contributed by atoms with Gasteiger partial charge in [-0.1, -0.05) is 30.3 Å². The first-order valence-electron chi connectivity index (χ1n) is 6.91. The highest BCUT2D eigenvalue weighted by Crippen LogP contribution is 2.41. The number of methoxy groups -OCH3 is 2. The maximum atomic E-state index is 12.3. The van der Waals surface area contributed by atoms with Gasteiger partial charge in [0, 0.05) is 0 Å². The molecule has 126 valence electrons. The molecule has 0 spiro atoms. The van der Waals surface area contributed by atoms with Gasteiger partial charge < -0.3 is 24.4 Å². The third-order valence-corrected chi connectivity index (χ3v) is 3.29. The van der Waals surface area contributed by atoms with Gasteiger partial charge in [0.25, 0.3) is 0 Å². The first-order valence-corrected chi connectivity index (χ1v) is 6.91. The number of carbonyl (C=O) groups is 2. The lowest BCUT2D eigenvalue weighted by Crippen LogP contribution is -2.13. The van der Waals surface area contributed by atoms with E-state index in [0.717, 1.165) is 11.6 Å². The molecule has 0 amide bonds. The van der Waals surface area contributed by atoms with Crippen LogP contribution in [0.4, 0.5) is 0 Å². The van der Waals surface area contributed by atoms with Crippen LogP contribution >= 0.6 is 0 Å². The van der Waals surface area contributed by atoms with E-state index in [-0.39, 0.29) is 18.1 Å². The molecule has 0 fully saturated rings. The third-order valence-electron chi connectivity index (χ3n) is 3.29. The van der Waals surface area contributed by atoms with Crippen molar-refractivity contribution < 1.29 is 34.0 Å². The van der Waals surface area contributed by atoms with Crippen molar-refractivity contribution in [3.05, 3.63) is 53.1 Å². The molecule has 24 heavy (non-hydrogen) atoms. The summed E-state index contributed by atoms with van der Waals surface area (Å²) < 4.78 is 15.1. The first kappa shape index (κ1) is 17.1. The molecular weight excluding hydrogens is 316 g/mol. The van der Waals surface area contributed by atoms with Crippen molar-refractivity contribution in [3.63, 3.8) is 0 Å². The van der Waals surface area contributed by atoms with Gasteiger partial charge in [0.05, 0.1) is 19.8 Å². The molecule has 7 heteroatoms. The maximum absolute atomic E-state index is 12.3. The molecule has 2 aromatic carbocycles. The Hall–Kier alpha value is -3.22. The molecular formula is C17H16O7. The Morgan fingerprint density at radius 2 is 1.75 bits per heavy atom. The van der Waals surface area contributed by atoms with Gasteiger partial charge in [0.15, 0.2) is 11.5 Å². The molecule has 0 bridgehead atoms. The number of aromatic hydroxyl groups is 1. The summed E-state index contributed by atoms with van der Waals surface area (Å²) in [6, 6.07) is 9.97. The van der Waals surface area contributed by atoms with Crippen LogP contribution < -0.4 is 9.47 Å². The summed E-state index contributed by atoms with van der Waals surface area (Å²) in [5, 5.41) is 19.5. The van der Waals surface area contributed by atoms with Gasteiger partial charge in [-0.3, -0.25) is 0 Å². The normalized spacial score (nSPS) is 10.1. The second kappa shape index (κ2) is 7.36. The van der Waals surface area contributed by atoms with Crippen LogP contribution in [0.25, 0.3) is 0 Å². The number of aromatic carboxylic acids is 1. The first-order chi connectivity index (χ1) is 11.5. The number of ether oxygens (including phenoxy) is 3. The molecule has 7 nitrogen and oxygen atoms in total. The predicted octanol–water partition coefficient (Wildman–Crippen LogP) is 2.46. The number of rotatable bonds is 6. The fraction of sp³-hybridized carbons (Fsp3) is 0.176. The van der Waals surface area contributed by atoms with E-state index in [1.807, 2.05) is 6.07 Å². The van der Waals surface area contributed by atoms with E-state index in [2.05, 4.69) is 0 Å². The monoisotopic (exact) mass is 332 g/mol. The zero-order valence-electron chi connectivity index (χ0n) is 13.1. The second-order valence-corrected chi connectivity index (χ2v) is 4.75. The van der Waals surface area contributed by atoms with Gasteiger partial charge in [-0.25, -0.2) is 9.59 Å². The smallest absolute Gasteiger partial charge is 0.343 e. The molecule has 0 atom stereocenters. The van der Waals surface area contributed by atoms with Crippen molar-refractivity contribution in [1.82, 2.24) is 0 Å². The van der Waals surface area contributed by atoms with Crippen LogP contribution in [-0.4, -0.2) is 36.4 Å². The Morgan fingerprint density at radius 1 is 1.08 bits per heavy atom. The van der Waals surface area contributed by atoms with Crippen molar-refractivity contribution in [1.29, 1.82) is 0 Å². The van der Waals surface area contributed by atoms with Crippen LogP contribution in [0.2, 0.25) is 0 Å². The Morgan fingerprint density at radius 3 is 2.29 bits per heavy atom. The number of carboxylic acids is 1. The number of hydrogen-bond donors (Lipinski definition) is 2. The molecule has 2 rings (SSSR count). The molecule has 0 saturated carbocycles. The SMILES string of the molecule is COc1cc(C(=O)O)c(C(=O)OCc2ccccc2)c(O)c1OC. The zero-order chi connectivity index (χ0) is 17.7. The molecule has 0 aromatic heterocycles. The third kappa shape index (κ3) is 3.40. The largest absolute Gasteiger partial charge is 0.504 e. The van der Waals surface area contributed by atoms with Crippen LogP contribution in [0.15, 0.2) is 36.4 Å². The number of hydrogen-bond acceptors (Lipinski definition) is 6. The second-order valence-electron chi connectivity index (χ2n) is 4.75. The summed E-state index contributed by atoms with van der Waals surface area (Å²) in [4.78, 5) is 23.7. The molecule has 0 unspecified atom stereocenters. The van der Waals surface area contributed by atoms with Crippen LogP contribution in [0, 0.1) is 0 Å². The van der Waals surface area contributed by atoms with Gasteiger partial charge in [0.1, 0.15) is 12.2 Å². The van der Waals surface area contributed by atoms with Gasteiger partial charge in [0.2, 0.25) is 5.75 Å². The van der Waals surface area contributed by atoms with E-state index >= 15 is 0 Å². The van der Waals surface area contributed by atoms with E-state index in [1.54, 1.807) is 24.3 Å². The van der Waals surface area contributed by atoms with E-state index in [0.29, 0.717) is 0 Å². The van der Waals surface area contributed by atoms with Crippen LogP contribution in [-0.2, 0) is 11.3 Å². The summed E-state index contributed by atoms with van der Waals surface area (Å²) in [7, 11) is 2.55. The molecule has 2 N–H and O–H groups in total. The van der Waals surface area contributed by atoms with Crippen LogP contribution in [0.5, 0.6) is 17.2 Å². The lowest BCUT2D eigenvalue weighted by Gasteiger charge is -2.15. The lowest BCUT2D eigenvalue weighted by molar-refractivity contribution is 0.0459. The van der Waals surface area contributed by atoms with Crippen molar-refractivity contribution in [2.24, 2.45) is 0 Å². The average Bonchev–Trinajstić information content (AvgIpc) is 2.59. The van der Waals surface area contributed by atoms with Gasteiger partial charge in [-0.15, -0.1) is 0 Å². The van der Waals surface area contributed by atoms with Gasteiger partial charge in [-0.05, 0) is 11.6 Å². The molecule has 0 aliphatic rings. The molecule has 0 heterocycles. The van der Waals surface area contributed by atoms with E-state index in [4.69, 9.17) is 14.2 Å².